The highest BCUT2D eigenvalue weighted by Crippen LogP contribution is 2.30. The Kier molecular flexibility index (Phi) is 5.47. The molecule has 24 heavy (non-hydrogen) atoms. The molecule has 0 unspecified atom stereocenters. The molecule has 0 aliphatic carbocycles. The van der Waals surface area contributed by atoms with Gasteiger partial charge in [0.2, 0.25) is 0 Å². The van der Waals surface area contributed by atoms with Gasteiger partial charge in [0.25, 0.3) is 5.91 Å². The van der Waals surface area contributed by atoms with Crippen LogP contribution in [0.5, 0.6) is 0 Å². The van der Waals surface area contributed by atoms with Crippen LogP contribution in [-0.4, -0.2) is 42.2 Å². The zero-order chi connectivity index (χ0) is 17.9. The number of amides is 1. The van der Waals surface area contributed by atoms with Crippen LogP contribution in [0.2, 0.25) is 5.15 Å². The summed E-state index contributed by atoms with van der Waals surface area (Å²) in [6.07, 6.45) is 3.31. The van der Waals surface area contributed by atoms with Crippen LogP contribution in [0, 0.1) is 18.3 Å². The average molecular weight is 369 g/mol. The molecule has 128 valence electrons. The zero-order valence-electron chi connectivity index (χ0n) is 13.1. The molecule has 0 spiro atoms. The van der Waals surface area contributed by atoms with Crippen molar-refractivity contribution in [3.8, 4) is 6.07 Å². The molecule has 1 amide bonds. The molecule has 9 heteroatoms. The maximum atomic E-state index is 11.9. The Morgan fingerprint density at radius 3 is 2.88 bits per heavy atom. The topological polar surface area (TPSA) is 105 Å². The second kappa shape index (κ2) is 7.20. The highest BCUT2D eigenvalue weighted by molar-refractivity contribution is 7.91. The van der Waals surface area contributed by atoms with Gasteiger partial charge in [0, 0.05) is 12.1 Å². The predicted octanol–water partition coefficient (Wildman–Crippen LogP) is 1.41. The molecule has 1 saturated heterocycles. The van der Waals surface area contributed by atoms with Crippen molar-refractivity contribution < 1.29 is 13.2 Å². The number of rotatable bonds is 5. The molecule has 1 aromatic rings. The second-order valence-corrected chi connectivity index (χ2v) is 8.05. The molecule has 0 aromatic carbocycles. The maximum absolute atomic E-state index is 11.9. The number of hydrogen-bond donors (Lipinski definition) is 1. The number of nitrogens with zero attached hydrogens (tertiary/aromatic N) is 3. The summed E-state index contributed by atoms with van der Waals surface area (Å²) < 4.78 is 24.7. The lowest BCUT2D eigenvalue weighted by Gasteiger charge is -2.09. The van der Waals surface area contributed by atoms with E-state index < -0.39 is 15.7 Å². The van der Waals surface area contributed by atoms with Crippen molar-refractivity contribution in [1.82, 2.24) is 15.1 Å². The summed E-state index contributed by atoms with van der Waals surface area (Å²) in [7, 11) is -3.08. The monoisotopic (exact) mass is 368 g/mol. The van der Waals surface area contributed by atoms with E-state index in [-0.39, 0.29) is 34.8 Å². The third-order valence-electron chi connectivity index (χ3n) is 3.69. The first-order chi connectivity index (χ1) is 11.3. The molecule has 0 bridgehead atoms. The van der Waals surface area contributed by atoms with Gasteiger partial charge in [-0.2, -0.15) is 10.4 Å². The number of aromatic nitrogens is 2. The summed E-state index contributed by atoms with van der Waals surface area (Å²) in [5.41, 5.74) is 0.847. The molecule has 1 fully saturated rings. The molecular formula is C15H17ClN4O3S. The lowest BCUT2D eigenvalue weighted by molar-refractivity contribution is -0.116. The number of carbonyl (C=O) groups excluding carboxylic acids is 1. The lowest BCUT2D eigenvalue weighted by Crippen LogP contribution is -2.24. The van der Waals surface area contributed by atoms with Crippen molar-refractivity contribution in [3.05, 3.63) is 34.6 Å². The summed E-state index contributed by atoms with van der Waals surface area (Å²) in [5.74, 6) is -0.447. The van der Waals surface area contributed by atoms with Crippen LogP contribution in [0.4, 0.5) is 0 Å². The molecule has 7 nitrogen and oxygen atoms in total. The summed E-state index contributed by atoms with van der Waals surface area (Å²) in [6, 6.07) is 1.50. The van der Waals surface area contributed by atoms with Gasteiger partial charge >= 0.3 is 0 Å². The SMILES string of the molecule is C=CCNC(=O)/C(C#N)=C/c1c(C)nn([C@@H]2CCS(=O)(=O)C2)c1Cl. The van der Waals surface area contributed by atoms with Gasteiger partial charge in [-0.05, 0) is 19.4 Å². The number of hydrogen-bond acceptors (Lipinski definition) is 5. The minimum atomic E-state index is -3.08. The Balaban J connectivity index is 2.35. The molecule has 0 saturated carbocycles. The largest absolute Gasteiger partial charge is 0.348 e. The normalized spacial score (nSPS) is 19.7. The van der Waals surface area contributed by atoms with E-state index >= 15 is 0 Å². The minimum absolute atomic E-state index is 0.0120. The molecule has 1 N–H and O–H groups in total. The third kappa shape index (κ3) is 3.86. The Morgan fingerprint density at radius 1 is 1.62 bits per heavy atom. The highest BCUT2D eigenvalue weighted by Gasteiger charge is 2.32. The fourth-order valence-electron chi connectivity index (χ4n) is 2.46. The van der Waals surface area contributed by atoms with E-state index in [0.717, 1.165) is 0 Å². The average Bonchev–Trinajstić information content (AvgIpc) is 3.02. The summed E-state index contributed by atoms with van der Waals surface area (Å²) in [5, 5.41) is 16.2. The van der Waals surface area contributed by atoms with E-state index in [4.69, 9.17) is 11.6 Å². The van der Waals surface area contributed by atoms with Crippen LogP contribution in [-0.2, 0) is 14.6 Å². The van der Waals surface area contributed by atoms with Crippen LogP contribution < -0.4 is 5.32 Å². The van der Waals surface area contributed by atoms with E-state index in [2.05, 4.69) is 17.0 Å². The number of nitrogens with one attached hydrogen (secondary N) is 1. The molecule has 1 aliphatic heterocycles. The molecule has 1 aliphatic rings. The van der Waals surface area contributed by atoms with Crippen molar-refractivity contribution in [2.45, 2.75) is 19.4 Å². The van der Waals surface area contributed by atoms with Crippen LogP contribution in [0.1, 0.15) is 23.7 Å². The fourth-order valence-corrected chi connectivity index (χ4v) is 4.52. The van der Waals surface area contributed by atoms with Crippen LogP contribution in [0.15, 0.2) is 18.2 Å². The number of carbonyl (C=O) groups is 1. The Morgan fingerprint density at radius 2 is 2.33 bits per heavy atom. The molecule has 1 atom stereocenters. The Labute approximate surface area is 145 Å². The van der Waals surface area contributed by atoms with Gasteiger partial charge in [-0.1, -0.05) is 17.7 Å². The molecule has 2 heterocycles. The smallest absolute Gasteiger partial charge is 0.262 e. The van der Waals surface area contributed by atoms with E-state index in [1.54, 1.807) is 6.92 Å². The first-order valence-electron chi connectivity index (χ1n) is 7.25. The second-order valence-electron chi connectivity index (χ2n) is 5.46. The van der Waals surface area contributed by atoms with Gasteiger partial charge in [0.15, 0.2) is 9.84 Å². The quantitative estimate of drug-likeness (QED) is 0.480. The number of halogens is 1. The van der Waals surface area contributed by atoms with Crippen molar-refractivity contribution >= 4 is 33.4 Å². The fraction of sp³-hybridized carbons (Fsp3) is 0.400. The highest BCUT2D eigenvalue weighted by atomic mass is 35.5. The van der Waals surface area contributed by atoms with Crippen molar-refractivity contribution in [1.29, 1.82) is 5.26 Å². The maximum Gasteiger partial charge on any atom is 0.262 e. The van der Waals surface area contributed by atoms with Crippen molar-refractivity contribution in [3.63, 3.8) is 0 Å². The van der Waals surface area contributed by atoms with E-state index in [0.29, 0.717) is 17.7 Å². The van der Waals surface area contributed by atoms with Crippen LogP contribution in [0.3, 0.4) is 0 Å². The number of aryl methyl sites for hydroxylation is 1. The number of sulfone groups is 1. The van der Waals surface area contributed by atoms with E-state index in [1.807, 2.05) is 6.07 Å². The van der Waals surface area contributed by atoms with E-state index in [9.17, 15) is 18.5 Å². The minimum Gasteiger partial charge on any atom is -0.348 e. The molecular weight excluding hydrogens is 352 g/mol. The first kappa shape index (κ1) is 18.2. The zero-order valence-corrected chi connectivity index (χ0v) is 14.7. The molecule has 0 radical (unpaired) electrons. The standard InChI is InChI=1S/C15H17ClN4O3S/c1-3-5-18-15(21)11(8-17)7-13-10(2)19-20(14(13)16)12-4-6-24(22,23)9-12/h3,7,12H,1,4-6,9H2,2H3,(H,18,21)/b11-7+/t12-/m1/s1. The first-order valence-corrected chi connectivity index (χ1v) is 9.45. The molecule has 1 aromatic heterocycles. The van der Waals surface area contributed by atoms with Gasteiger partial charge in [-0.25, -0.2) is 13.1 Å². The summed E-state index contributed by atoms with van der Waals surface area (Å²) >= 11 is 6.32. The third-order valence-corrected chi connectivity index (χ3v) is 5.81. The molecule has 2 rings (SSSR count). The lowest BCUT2D eigenvalue weighted by atomic mass is 10.1. The van der Waals surface area contributed by atoms with Gasteiger partial charge in [0.05, 0.1) is 23.2 Å². The predicted molar refractivity (Wildman–Crippen MR) is 91.1 cm³/mol. The van der Waals surface area contributed by atoms with Crippen molar-refractivity contribution in [2.75, 3.05) is 18.1 Å². The van der Waals surface area contributed by atoms with E-state index in [1.165, 1.54) is 16.8 Å². The van der Waals surface area contributed by atoms with Gasteiger partial charge < -0.3 is 5.32 Å². The van der Waals surface area contributed by atoms with Gasteiger partial charge in [-0.15, -0.1) is 6.58 Å². The van der Waals surface area contributed by atoms with Crippen LogP contribution >= 0.6 is 11.6 Å². The van der Waals surface area contributed by atoms with Gasteiger partial charge in [0.1, 0.15) is 16.8 Å². The van der Waals surface area contributed by atoms with Crippen LogP contribution in [0.25, 0.3) is 6.08 Å². The van der Waals surface area contributed by atoms with Crippen molar-refractivity contribution in [2.24, 2.45) is 0 Å². The Hall–Kier alpha value is -2.11. The summed E-state index contributed by atoms with van der Waals surface area (Å²) in [6.45, 7) is 5.42. The summed E-state index contributed by atoms with van der Waals surface area (Å²) in [4.78, 5) is 11.9. The van der Waals surface area contributed by atoms with Gasteiger partial charge in [-0.3, -0.25) is 4.79 Å². The Bertz CT molecular complexity index is 849. The number of nitriles is 1.